The zero-order chi connectivity index (χ0) is 15.9. The normalized spacial score (nSPS) is 10.7. The first-order chi connectivity index (χ1) is 10.6. The molecule has 2 aromatic rings. The van der Waals surface area contributed by atoms with Crippen molar-refractivity contribution in [3.63, 3.8) is 0 Å². The van der Waals surface area contributed by atoms with Crippen LogP contribution >= 0.6 is 11.6 Å². The average Bonchev–Trinajstić information content (AvgIpc) is 2.50. The minimum absolute atomic E-state index is 0.0803. The quantitative estimate of drug-likeness (QED) is 0.669. The topological polar surface area (TPSA) is 77.8 Å². The first-order valence-electron chi connectivity index (χ1n) is 6.45. The summed E-state index contributed by atoms with van der Waals surface area (Å²) in [5, 5.41) is 14.9. The van der Waals surface area contributed by atoms with Crippen molar-refractivity contribution in [2.75, 3.05) is 10.6 Å². The van der Waals surface area contributed by atoms with Gasteiger partial charge in [-0.1, -0.05) is 23.7 Å². The SMILES string of the molecule is Cc1ccnc(N/C=C(/C#N)C(=O)Nc2ccccc2Cl)c1. The molecule has 0 aliphatic heterocycles. The molecule has 0 saturated heterocycles. The Morgan fingerprint density at radius 3 is 2.82 bits per heavy atom. The van der Waals surface area contributed by atoms with E-state index >= 15 is 0 Å². The smallest absolute Gasteiger partial charge is 0.267 e. The molecule has 0 unspecified atom stereocenters. The molecular weight excluding hydrogens is 300 g/mol. The summed E-state index contributed by atoms with van der Waals surface area (Å²) in [6.45, 7) is 1.92. The minimum atomic E-state index is -0.546. The number of anilines is 2. The number of hydrogen-bond donors (Lipinski definition) is 2. The van der Waals surface area contributed by atoms with Crippen LogP contribution in [0.1, 0.15) is 5.56 Å². The Labute approximate surface area is 133 Å². The maximum absolute atomic E-state index is 12.1. The third kappa shape index (κ3) is 4.08. The molecule has 1 heterocycles. The molecule has 0 saturated carbocycles. The monoisotopic (exact) mass is 312 g/mol. The van der Waals surface area contributed by atoms with E-state index in [1.165, 1.54) is 6.20 Å². The Balaban J connectivity index is 2.11. The van der Waals surface area contributed by atoms with Crippen molar-refractivity contribution in [1.82, 2.24) is 4.98 Å². The molecular formula is C16H13ClN4O. The fourth-order valence-electron chi connectivity index (χ4n) is 1.66. The Morgan fingerprint density at radius 2 is 2.14 bits per heavy atom. The number of nitrogens with one attached hydrogen (secondary N) is 2. The summed E-state index contributed by atoms with van der Waals surface area (Å²) in [7, 11) is 0. The van der Waals surface area contributed by atoms with Gasteiger partial charge in [-0.05, 0) is 36.8 Å². The van der Waals surface area contributed by atoms with Crippen LogP contribution < -0.4 is 10.6 Å². The molecule has 22 heavy (non-hydrogen) atoms. The lowest BCUT2D eigenvalue weighted by Crippen LogP contribution is -2.14. The molecule has 2 N–H and O–H groups in total. The minimum Gasteiger partial charge on any atom is -0.345 e. The van der Waals surface area contributed by atoms with Crippen LogP contribution in [0.3, 0.4) is 0 Å². The second kappa shape index (κ2) is 7.25. The van der Waals surface area contributed by atoms with Gasteiger partial charge < -0.3 is 10.6 Å². The van der Waals surface area contributed by atoms with Crippen molar-refractivity contribution in [3.05, 3.63) is 65.0 Å². The zero-order valence-electron chi connectivity index (χ0n) is 11.8. The predicted octanol–water partition coefficient (Wildman–Crippen LogP) is 3.50. The number of para-hydroxylation sites is 1. The van der Waals surface area contributed by atoms with Crippen LogP contribution in [0.25, 0.3) is 0 Å². The fraction of sp³-hybridized carbons (Fsp3) is 0.0625. The van der Waals surface area contributed by atoms with Crippen molar-refractivity contribution in [2.24, 2.45) is 0 Å². The molecule has 0 aliphatic rings. The van der Waals surface area contributed by atoms with Crippen LogP contribution in [0, 0.1) is 18.3 Å². The third-order valence-corrected chi connectivity index (χ3v) is 3.10. The van der Waals surface area contributed by atoms with Crippen LogP contribution in [0.2, 0.25) is 5.02 Å². The highest BCUT2D eigenvalue weighted by Gasteiger charge is 2.10. The van der Waals surface area contributed by atoms with Gasteiger partial charge in [-0.25, -0.2) is 4.98 Å². The van der Waals surface area contributed by atoms with Crippen LogP contribution in [0.5, 0.6) is 0 Å². The van der Waals surface area contributed by atoms with E-state index < -0.39 is 5.91 Å². The number of aryl methyl sites for hydroxylation is 1. The van der Waals surface area contributed by atoms with Crippen molar-refractivity contribution >= 4 is 29.0 Å². The molecule has 110 valence electrons. The molecule has 0 aliphatic carbocycles. The number of benzene rings is 1. The largest absolute Gasteiger partial charge is 0.345 e. The number of nitrogens with zero attached hydrogens (tertiary/aromatic N) is 2. The number of carbonyl (C=O) groups excluding carboxylic acids is 1. The maximum Gasteiger partial charge on any atom is 0.267 e. The number of amides is 1. The fourth-order valence-corrected chi connectivity index (χ4v) is 1.85. The van der Waals surface area contributed by atoms with E-state index in [9.17, 15) is 4.79 Å². The molecule has 0 atom stereocenters. The lowest BCUT2D eigenvalue weighted by Gasteiger charge is -2.06. The number of hydrogen-bond acceptors (Lipinski definition) is 4. The second-order valence-electron chi connectivity index (χ2n) is 4.47. The van der Waals surface area contributed by atoms with Crippen LogP contribution in [0.15, 0.2) is 54.4 Å². The van der Waals surface area contributed by atoms with Crippen LogP contribution in [-0.4, -0.2) is 10.9 Å². The molecule has 0 fully saturated rings. The van der Waals surface area contributed by atoms with Gasteiger partial charge in [-0.15, -0.1) is 0 Å². The number of halogens is 1. The predicted molar refractivity (Wildman–Crippen MR) is 86.4 cm³/mol. The van der Waals surface area contributed by atoms with Gasteiger partial charge in [0.25, 0.3) is 5.91 Å². The molecule has 1 aromatic carbocycles. The Hall–Kier alpha value is -2.84. The van der Waals surface area contributed by atoms with Crippen LogP contribution in [0.4, 0.5) is 11.5 Å². The first-order valence-corrected chi connectivity index (χ1v) is 6.83. The highest BCUT2D eigenvalue weighted by Crippen LogP contribution is 2.20. The lowest BCUT2D eigenvalue weighted by atomic mass is 10.2. The molecule has 2 rings (SSSR count). The summed E-state index contributed by atoms with van der Waals surface area (Å²) >= 11 is 5.96. The van der Waals surface area contributed by atoms with E-state index in [4.69, 9.17) is 16.9 Å². The number of pyridine rings is 1. The molecule has 1 aromatic heterocycles. The lowest BCUT2D eigenvalue weighted by molar-refractivity contribution is -0.112. The summed E-state index contributed by atoms with van der Waals surface area (Å²) < 4.78 is 0. The van der Waals surface area contributed by atoms with E-state index in [-0.39, 0.29) is 5.57 Å². The van der Waals surface area contributed by atoms with Gasteiger partial charge in [0.2, 0.25) is 0 Å². The van der Waals surface area contributed by atoms with Gasteiger partial charge in [-0.3, -0.25) is 4.79 Å². The number of rotatable bonds is 4. The van der Waals surface area contributed by atoms with Gasteiger partial charge in [0.05, 0.1) is 10.7 Å². The molecule has 6 heteroatoms. The van der Waals surface area contributed by atoms with Gasteiger partial charge in [-0.2, -0.15) is 5.26 Å². The highest BCUT2D eigenvalue weighted by molar-refractivity contribution is 6.33. The molecule has 0 spiro atoms. The van der Waals surface area contributed by atoms with E-state index in [0.29, 0.717) is 16.5 Å². The summed E-state index contributed by atoms with van der Waals surface area (Å²) in [5.74, 6) is 0.00838. The average molecular weight is 313 g/mol. The Bertz CT molecular complexity index is 765. The molecule has 5 nitrogen and oxygen atoms in total. The standard InChI is InChI=1S/C16H13ClN4O/c1-11-6-7-19-15(8-11)20-10-12(9-18)16(22)21-14-5-3-2-4-13(14)17/h2-8,10H,1H3,(H,19,20)(H,21,22)/b12-10-. The Kier molecular flexibility index (Phi) is 5.12. The number of aromatic nitrogens is 1. The van der Waals surface area contributed by atoms with E-state index in [0.717, 1.165) is 5.56 Å². The van der Waals surface area contributed by atoms with Crippen molar-refractivity contribution in [2.45, 2.75) is 6.92 Å². The van der Waals surface area contributed by atoms with Crippen molar-refractivity contribution in [3.8, 4) is 6.07 Å². The first kappa shape index (κ1) is 15.5. The maximum atomic E-state index is 12.1. The molecule has 1 amide bonds. The van der Waals surface area contributed by atoms with Gasteiger partial charge in [0.15, 0.2) is 0 Å². The van der Waals surface area contributed by atoms with Crippen molar-refractivity contribution in [1.29, 1.82) is 5.26 Å². The zero-order valence-corrected chi connectivity index (χ0v) is 12.6. The van der Waals surface area contributed by atoms with Gasteiger partial charge in [0, 0.05) is 12.4 Å². The summed E-state index contributed by atoms with van der Waals surface area (Å²) in [6.07, 6.45) is 2.95. The number of nitriles is 1. The van der Waals surface area contributed by atoms with Crippen molar-refractivity contribution < 1.29 is 4.79 Å². The second-order valence-corrected chi connectivity index (χ2v) is 4.87. The van der Waals surface area contributed by atoms with Crippen LogP contribution in [-0.2, 0) is 4.79 Å². The summed E-state index contributed by atoms with van der Waals surface area (Å²) in [4.78, 5) is 16.1. The van der Waals surface area contributed by atoms with Gasteiger partial charge >= 0.3 is 0 Å². The third-order valence-electron chi connectivity index (χ3n) is 2.77. The number of carbonyl (C=O) groups is 1. The molecule has 0 radical (unpaired) electrons. The van der Waals surface area contributed by atoms with E-state index in [2.05, 4.69) is 15.6 Å². The highest BCUT2D eigenvalue weighted by atomic mass is 35.5. The van der Waals surface area contributed by atoms with E-state index in [1.807, 2.05) is 19.1 Å². The summed E-state index contributed by atoms with van der Waals surface area (Å²) in [6, 6.07) is 12.3. The Morgan fingerprint density at radius 1 is 1.36 bits per heavy atom. The molecule has 0 bridgehead atoms. The summed E-state index contributed by atoms with van der Waals surface area (Å²) in [5.41, 5.74) is 1.39. The van der Waals surface area contributed by atoms with E-state index in [1.54, 1.807) is 36.5 Å². The van der Waals surface area contributed by atoms with Gasteiger partial charge in [0.1, 0.15) is 17.5 Å².